The number of imidazole rings is 1. The number of rotatable bonds is 3. The lowest BCUT2D eigenvalue weighted by atomic mass is 9.75. The number of anilines is 1. The predicted octanol–water partition coefficient (Wildman–Crippen LogP) is 1.83. The topological polar surface area (TPSA) is 78.0 Å². The molecule has 0 spiro atoms. The van der Waals surface area contributed by atoms with Crippen LogP contribution in [0.15, 0.2) is 12.7 Å². The molecule has 0 aromatic carbocycles. The lowest BCUT2D eigenvalue weighted by molar-refractivity contribution is -0.132. The highest BCUT2D eigenvalue weighted by Gasteiger charge is 2.33. The minimum Gasteiger partial charge on any atom is -0.348 e. The highest BCUT2D eigenvalue weighted by atomic mass is 16.2. The number of H-pyrrole nitrogens is 1. The van der Waals surface area contributed by atoms with Crippen molar-refractivity contribution in [3.63, 3.8) is 0 Å². The monoisotopic (exact) mass is 328 g/mol. The molecule has 1 saturated heterocycles. The van der Waals surface area contributed by atoms with Gasteiger partial charge in [0.25, 0.3) is 0 Å². The van der Waals surface area contributed by atoms with Gasteiger partial charge in [-0.2, -0.15) is 0 Å². The van der Waals surface area contributed by atoms with Crippen LogP contribution in [0.3, 0.4) is 0 Å². The van der Waals surface area contributed by atoms with E-state index in [-0.39, 0.29) is 5.91 Å². The molecular formula is C17H24N6O. The van der Waals surface area contributed by atoms with Gasteiger partial charge in [-0.3, -0.25) is 4.79 Å². The first-order chi connectivity index (χ1) is 11.7. The first kappa shape index (κ1) is 15.4. The van der Waals surface area contributed by atoms with Crippen molar-refractivity contribution in [3.05, 3.63) is 12.7 Å². The van der Waals surface area contributed by atoms with E-state index in [9.17, 15) is 4.79 Å². The van der Waals surface area contributed by atoms with Crippen LogP contribution in [0.4, 0.5) is 5.82 Å². The summed E-state index contributed by atoms with van der Waals surface area (Å²) in [4.78, 5) is 32.3. The van der Waals surface area contributed by atoms with E-state index < -0.39 is 0 Å². The van der Waals surface area contributed by atoms with Crippen LogP contribution in [0.2, 0.25) is 0 Å². The zero-order valence-corrected chi connectivity index (χ0v) is 14.1. The van der Waals surface area contributed by atoms with Crippen LogP contribution >= 0.6 is 0 Å². The number of amides is 1. The second kappa shape index (κ2) is 6.37. The Morgan fingerprint density at radius 1 is 1.25 bits per heavy atom. The van der Waals surface area contributed by atoms with Crippen molar-refractivity contribution in [1.82, 2.24) is 24.8 Å². The van der Waals surface area contributed by atoms with Crippen LogP contribution in [0.5, 0.6) is 0 Å². The summed E-state index contributed by atoms with van der Waals surface area (Å²) in [7, 11) is 1.90. The molecule has 128 valence electrons. The van der Waals surface area contributed by atoms with Crippen molar-refractivity contribution < 1.29 is 4.79 Å². The minimum atomic E-state index is 0.188. The van der Waals surface area contributed by atoms with Gasteiger partial charge in [-0.15, -0.1) is 0 Å². The number of nitrogens with one attached hydrogen (secondary N) is 1. The number of hydrogen-bond acceptors (Lipinski definition) is 5. The second-order valence-electron chi connectivity index (χ2n) is 7.09. The maximum atomic E-state index is 12.7. The summed E-state index contributed by atoms with van der Waals surface area (Å²) in [5.41, 5.74) is 1.40. The smallest absolute Gasteiger partial charge is 0.242 e. The van der Waals surface area contributed by atoms with E-state index in [0.717, 1.165) is 30.3 Å². The van der Waals surface area contributed by atoms with Gasteiger partial charge in [-0.05, 0) is 24.7 Å². The average Bonchev–Trinajstić information content (AvgIpc) is 3.09. The molecule has 0 unspecified atom stereocenters. The third-order valence-electron chi connectivity index (χ3n) is 5.58. The summed E-state index contributed by atoms with van der Waals surface area (Å²) in [6.07, 6.45) is 9.58. The van der Waals surface area contributed by atoms with Crippen molar-refractivity contribution in [1.29, 1.82) is 0 Å². The number of piperidine rings is 1. The third kappa shape index (κ3) is 2.83. The summed E-state index contributed by atoms with van der Waals surface area (Å²) in [5.74, 6) is 2.46. The number of likely N-dealkylation sites (tertiary alicyclic amines) is 1. The molecule has 7 heteroatoms. The average molecular weight is 328 g/mol. The third-order valence-corrected chi connectivity index (χ3v) is 5.58. The molecule has 2 atom stereocenters. The van der Waals surface area contributed by atoms with Crippen LogP contribution < -0.4 is 4.90 Å². The first-order valence-corrected chi connectivity index (χ1v) is 8.85. The molecule has 24 heavy (non-hydrogen) atoms. The zero-order chi connectivity index (χ0) is 16.5. The number of carbonyl (C=O) groups is 1. The molecule has 1 saturated carbocycles. The zero-order valence-electron chi connectivity index (χ0n) is 14.1. The Kier molecular flexibility index (Phi) is 4.08. The maximum Gasteiger partial charge on any atom is 0.242 e. The predicted molar refractivity (Wildman–Crippen MR) is 91.6 cm³/mol. The largest absolute Gasteiger partial charge is 0.348 e. The summed E-state index contributed by atoms with van der Waals surface area (Å²) in [6, 6.07) is 0. The highest BCUT2D eigenvalue weighted by Crippen LogP contribution is 2.36. The molecule has 1 N–H and O–H groups in total. The lowest BCUT2D eigenvalue weighted by Crippen LogP contribution is -2.47. The Bertz CT molecular complexity index is 729. The molecule has 2 fully saturated rings. The van der Waals surface area contributed by atoms with Gasteiger partial charge in [0.05, 0.1) is 12.9 Å². The quantitative estimate of drug-likeness (QED) is 0.930. The van der Waals surface area contributed by atoms with Gasteiger partial charge in [0, 0.05) is 20.1 Å². The summed E-state index contributed by atoms with van der Waals surface area (Å²) >= 11 is 0. The summed E-state index contributed by atoms with van der Waals surface area (Å²) in [5, 5.41) is 0. The Hall–Kier alpha value is -2.18. The van der Waals surface area contributed by atoms with Gasteiger partial charge < -0.3 is 14.8 Å². The molecule has 7 nitrogen and oxygen atoms in total. The molecule has 2 aliphatic rings. The molecule has 1 aliphatic carbocycles. The van der Waals surface area contributed by atoms with E-state index in [1.165, 1.54) is 38.4 Å². The SMILES string of the molecule is CN(CC(=O)N1CC[C@@H]2CCCC[C@@H]2C1)c1ncnc2nc[nH]c12. The van der Waals surface area contributed by atoms with Gasteiger partial charge in [0.15, 0.2) is 11.5 Å². The lowest BCUT2D eigenvalue weighted by Gasteiger charge is -2.41. The van der Waals surface area contributed by atoms with Gasteiger partial charge in [0.2, 0.25) is 5.91 Å². The molecule has 2 aromatic rings. The van der Waals surface area contributed by atoms with Crippen molar-refractivity contribution >= 4 is 22.9 Å². The van der Waals surface area contributed by atoms with E-state index in [0.29, 0.717) is 18.1 Å². The molecule has 1 aliphatic heterocycles. The Morgan fingerprint density at radius 2 is 2.08 bits per heavy atom. The number of fused-ring (bicyclic) bond motifs is 2. The fraction of sp³-hybridized carbons (Fsp3) is 0.647. The standard InChI is InChI=1S/C17H24N6O/c1-22(17-15-16(19-10-18-15)20-11-21-17)9-14(24)23-7-6-12-4-2-3-5-13(12)8-23/h10-13H,2-9H2,1H3,(H,18,19,20,21)/t12-,13+/m0/s1. The normalized spacial score (nSPS) is 24.0. The number of carbonyl (C=O) groups excluding carboxylic acids is 1. The summed E-state index contributed by atoms with van der Waals surface area (Å²) in [6.45, 7) is 2.17. The number of aromatic nitrogens is 4. The minimum absolute atomic E-state index is 0.188. The van der Waals surface area contributed by atoms with Crippen LogP contribution in [-0.2, 0) is 4.79 Å². The van der Waals surface area contributed by atoms with Crippen LogP contribution in [0.25, 0.3) is 11.2 Å². The fourth-order valence-corrected chi connectivity index (χ4v) is 4.25. The molecule has 2 aromatic heterocycles. The van der Waals surface area contributed by atoms with E-state index in [1.807, 2.05) is 16.8 Å². The van der Waals surface area contributed by atoms with E-state index in [1.54, 1.807) is 6.33 Å². The van der Waals surface area contributed by atoms with E-state index in [2.05, 4.69) is 19.9 Å². The van der Waals surface area contributed by atoms with Crippen molar-refractivity contribution in [2.75, 3.05) is 31.6 Å². The Labute approximate surface area is 141 Å². The molecular weight excluding hydrogens is 304 g/mol. The van der Waals surface area contributed by atoms with Gasteiger partial charge >= 0.3 is 0 Å². The van der Waals surface area contributed by atoms with Gasteiger partial charge in [0.1, 0.15) is 11.8 Å². The van der Waals surface area contributed by atoms with E-state index >= 15 is 0 Å². The van der Waals surface area contributed by atoms with Gasteiger partial charge in [-0.1, -0.05) is 19.3 Å². The number of hydrogen-bond donors (Lipinski definition) is 1. The summed E-state index contributed by atoms with van der Waals surface area (Å²) < 4.78 is 0. The molecule has 3 heterocycles. The van der Waals surface area contributed by atoms with Gasteiger partial charge in [-0.25, -0.2) is 15.0 Å². The molecule has 1 amide bonds. The maximum absolute atomic E-state index is 12.7. The molecule has 0 bridgehead atoms. The fourth-order valence-electron chi connectivity index (χ4n) is 4.25. The number of aromatic amines is 1. The van der Waals surface area contributed by atoms with Crippen molar-refractivity contribution in [3.8, 4) is 0 Å². The van der Waals surface area contributed by atoms with Crippen molar-refractivity contribution in [2.45, 2.75) is 32.1 Å². The first-order valence-electron chi connectivity index (χ1n) is 8.85. The van der Waals surface area contributed by atoms with Crippen molar-refractivity contribution in [2.24, 2.45) is 11.8 Å². The van der Waals surface area contributed by atoms with E-state index in [4.69, 9.17) is 0 Å². The highest BCUT2D eigenvalue weighted by molar-refractivity contribution is 5.87. The van der Waals surface area contributed by atoms with Crippen LogP contribution in [-0.4, -0.2) is 57.4 Å². The van der Waals surface area contributed by atoms with Crippen LogP contribution in [0.1, 0.15) is 32.1 Å². The number of nitrogens with zero attached hydrogens (tertiary/aromatic N) is 5. The number of likely N-dealkylation sites (N-methyl/N-ethyl adjacent to an activating group) is 1. The molecule has 0 radical (unpaired) electrons. The second-order valence-corrected chi connectivity index (χ2v) is 7.09. The Balaban J connectivity index is 1.43. The molecule has 4 rings (SSSR count). The Morgan fingerprint density at radius 3 is 2.96 bits per heavy atom. The van der Waals surface area contributed by atoms with Crippen LogP contribution in [0, 0.1) is 11.8 Å².